The third-order valence-electron chi connectivity index (χ3n) is 3.61. The fourth-order valence-electron chi connectivity index (χ4n) is 2.15. The van der Waals surface area contributed by atoms with Crippen molar-refractivity contribution in [2.24, 2.45) is 0 Å². The van der Waals surface area contributed by atoms with Gasteiger partial charge >= 0.3 is 0 Å². The van der Waals surface area contributed by atoms with E-state index in [1.165, 1.54) is 0 Å². The van der Waals surface area contributed by atoms with Crippen LogP contribution in [-0.4, -0.2) is 33.4 Å². The van der Waals surface area contributed by atoms with Crippen LogP contribution in [0.4, 0.5) is 0 Å². The molecule has 0 radical (unpaired) electrons. The maximum atomic E-state index is 8.60. The summed E-state index contributed by atoms with van der Waals surface area (Å²) in [6.07, 6.45) is 8.33. The Morgan fingerprint density at radius 1 is 0.697 bits per heavy atom. The van der Waals surface area contributed by atoms with Gasteiger partial charge in [-0.3, -0.25) is 4.98 Å². The molecule has 33 heavy (non-hydrogen) atoms. The standard InChI is InChI=1S/2C14H15NO.CH4/c1-2-3-4-8-13-10-7-11-14(15-13)9-5-6-12-16;1-2-3-4-7-13-10-14(12-15-11-13)8-5-6-9-16;/h7,10-11,16H,2-3,6,12H2,1H3;10-12,16H,2-3,6,9H2,1H3;1H4. The zero-order valence-corrected chi connectivity index (χ0v) is 18.9. The molecule has 0 amide bonds. The van der Waals surface area contributed by atoms with Gasteiger partial charge in [-0.1, -0.05) is 62.9 Å². The van der Waals surface area contributed by atoms with E-state index in [2.05, 4.69) is 71.2 Å². The van der Waals surface area contributed by atoms with Gasteiger partial charge in [0.15, 0.2) is 0 Å². The molecule has 2 aromatic rings. The highest BCUT2D eigenvalue weighted by Gasteiger charge is 1.91. The normalized spacial score (nSPS) is 8.36. The number of aliphatic hydroxyl groups is 2. The molecule has 0 bridgehead atoms. The molecule has 0 aliphatic rings. The van der Waals surface area contributed by atoms with Gasteiger partial charge in [-0.05, 0) is 42.9 Å². The predicted molar refractivity (Wildman–Crippen MR) is 136 cm³/mol. The van der Waals surface area contributed by atoms with Crippen molar-refractivity contribution in [3.8, 4) is 47.4 Å². The Labute approximate surface area is 199 Å². The number of aliphatic hydroxyl groups excluding tert-OH is 2. The third kappa shape index (κ3) is 15.0. The van der Waals surface area contributed by atoms with E-state index in [-0.39, 0.29) is 20.6 Å². The van der Waals surface area contributed by atoms with Crippen LogP contribution in [0.25, 0.3) is 0 Å². The molecule has 0 aromatic carbocycles. The monoisotopic (exact) mass is 442 g/mol. The summed E-state index contributed by atoms with van der Waals surface area (Å²) in [6.45, 7) is 4.38. The van der Waals surface area contributed by atoms with Crippen LogP contribution in [0.5, 0.6) is 0 Å². The van der Waals surface area contributed by atoms with E-state index in [4.69, 9.17) is 10.2 Å². The molecule has 172 valence electrons. The zero-order valence-electron chi connectivity index (χ0n) is 18.9. The van der Waals surface area contributed by atoms with Crippen molar-refractivity contribution in [3.05, 3.63) is 59.2 Å². The Morgan fingerprint density at radius 3 is 1.64 bits per heavy atom. The predicted octanol–water partition coefficient (Wildman–Crippen LogP) is 4.57. The van der Waals surface area contributed by atoms with Crippen molar-refractivity contribution >= 4 is 0 Å². The Kier molecular flexibility index (Phi) is 18.2. The molecule has 2 aromatic heterocycles. The van der Waals surface area contributed by atoms with Gasteiger partial charge in [0.05, 0.1) is 13.2 Å². The first-order chi connectivity index (χ1) is 15.7. The van der Waals surface area contributed by atoms with E-state index in [0.29, 0.717) is 18.5 Å². The maximum Gasteiger partial charge on any atom is 0.114 e. The molecular formula is C29H34N2O2. The highest BCUT2D eigenvalue weighted by atomic mass is 16.3. The second-order valence-electron chi connectivity index (χ2n) is 6.52. The van der Waals surface area contributed by atoms with Crippen LogP contribution in [0.15, 0.2) is 36.7 Å². The lowest BCUT2D eigenvalue weighted by Gasteiger charge is -1.91. The first-order valence-electron chi connectivity index (χ1n) is 10.8. The van der Waals surface area contributed by atoms with Crippen molar-refractivity contribution in [2.75, 3.05) is 13.2 Å². The average Bonchev–Trinajstić information content (AvgIpc) is 2.81. The lowest BCUT2D eigenvalue weighted by atomic mass is 10.2. The van der Waals surface area contributed by atoms with Crippen molar-refractivity contribution in [3.63, 3.8) is 0 Å². The number of hydrogen-bond donors (Lipinski definition) is 2. The largest absolute Gasteiger partial charge is 0.395 e. The number of aromatic nitrogens is 2. The molecule has 0 spiro atoms. The quantitative estimate of drug-likeness (QED) is 0.681. The van der Waals surface area contributed by atoms with Crippen LogP contribution in [0, 0.1) is 47.4 Å². The van der Waals surface area contributed by atoms with Crippen LogP contribution in [0.3, 0.4) is 0 Å². The van der Waals surface area contributed by atoms with Gasteiger partial charge in [0.25, 0.3) is 0 Å². The molecule has 0 fully saturated rings. The molecule has 0 aliphatic carbocycles. The lowest BCUT2D eigenvalue weighted by molar-refractivity contribution is 0.304. The Hall–Kier alpha value is -3.54. The molecule has 0 saturated carbocycles. The Morgan fingerprint density at radius 2 is 1.15 bits per heavy atom. The first-order valence-corrected chi connectivity index (χ1v) is 10.8. The fourth-order valence-corrected chi connectivity index (χ4v) is 2.15. The minimum Gasteiger partial charge on any atom is -0.395 e. The van der Waals surface area contributed by atoms with Crippen LogP contribution < -0.4 is 0 Å². The number of hydrogen-bond acceptors (Lipinski definition) is 4. The van der Waals surface area contributed by atoms with Gasteiger partial charge in [0.1, 0.15) is 11.4 Å². The minimum atomic E-state index is 0. The van der Waals surface area contributed by atoms with Crippen LogP contribution >= 0.6 is 0 Å². The van der Waals surface area contributed by atoms with E-state index in [9.17, 15) is 0 Å². The molecule has 0 saturated heterocycles. The molecule has 0 unspecified atom stereocenters. The SMILES string of the molecule is C.CCCC#Cc1cccc(C#CCCO)n1.CCCC#Cc1cncc(C#CCCO)c1. The molecule has 4 nitrogen and oxygen atoms in total. The van der Waals surface area contributed by atoms with Crippen LogP contribution in [0.1, 0.15) is 82.3 Å². The van der Waals surface area contributed by atoms with Crippen molar-refractivity contribution in [1.82, 2.24) is 9.97 Å². The van der Waals surface area contributed by atoms with Gasteiger partial charge in [-0.2, -0.15) is 0 Å². The summed E-state index contributed by atoms with van der Waals surface area (Å²) < 4.78 is 0. The zero-order chi connectivity index (χ0) is 23.3. The molecular weight excluding hydrogens is 408 g/mol. The summed E-state index contributed by atoms with van der Waals surface area (Å²) in [4.78, 5) is 8.36. The Balaban J connectivity index is 0.000000602. The van der Waals surface area contributed by atoms with E-state index in [1.807, 2.05) is 24.3 Å². The smallest absolute Gasteiger partial charge is 0.114 e. The van der Waals surface area contributed by atoms with Gasteiger partial charge < -0.3 is 10.2 Å². The van der Waals surface area contributed by atoms with Gasteiger partial charge in [0.2, 0.25) is 0 Å². The second kappa shape index (κ2) is 20.4. The summed E-state index contributed by atoms with van der Waals surface area (Å²) in [5, 5.41) is 17.2. The fraction of sp³-hybridized carbons (Fsp3) is 0.379. The molecule has 2 rings (SSSR count). The summed E-state index contributed by atoms with van der Waals surface area (Å²) in [7, 11) is 0. The molecule has 2 N–H and O–H groups in total. The molecule has 0 aliphatic heterocycles. The van der Waals surface area contributed by atoms with E-state index < -0.39 is 0 Å². The van der Waals surface area contributed by atoms with Gasteiger partial charge in [-0.15, -0.1) is 0 Å². The average molecular weight is 443 g/mol. The van der Waals surface area contributed by atoms with E-state index >= 15 is 0 Å². The summed E-state index contributed by atoms with van der Waals surface area (Å²) >= 11 is 0. The van der Waals surface area contributed by atoms with Gasteiger partial charge in [-0.25, -0.2) is 4.98 Å². The molecule has 0 atom stereocenters. The van der Waals surface area contributed by atoms with E-state index in [1.54, 1.807) is 12.4 Å². The van der Waals surface area contributed by atoms with Crippen LogP contribution in [0.2, 0.25) is 0 Å². The third-order valence-corrected chi connectivity index (χ3v) is 3.61. The summed E-state index contributed by atoms with van der Waals surface area (Å²) in [6, 6.07) is 7.53. The van der Waals surface area contributed by atoms with Crippen LogP contribution in [-0.2, 0) is 0 Å². The summed E-state index contributed by atoms with van der Waals surface area (Å²) in [5.41, 5.74) is 3.20. The van der Waals surface area contributed by atoms with Crippen molar-refractivity contribution in [2.45, 2.75) is 59.8 Å². The number of pyridine rings is 2. The highest BCUT2D eigenvalue weighted by molar-refractivity contribution is 5.41. The van der Waals surface area contributed by atoms with Gasteiger partial charge in [0, 0.05) is 49.2 Å². The van der Waals surface area contributed by atoms with Crippen molar-refractivity contribution < 1.29 is 10.2 Å². The van der Waals surface area contributed by atoms with Crippen molar-refractivity contribution in [1.29, 1.82) is 0 Å². The Bertz CT molecular complexity index is 895. The highest BCUT2D eigenvalue weighted by Crippen LogP contribution is 2.00. The minimum absolute atomic E-state index is 0. The molecule has 2 heterocycles. The lowest BCUT2D eigenvalue weighted by Crippen LogP contribution is -1.87. The second-order valence-corrected chi connectivity index (χ2v) is 6.52. The number of nitrogens with zero attached hydrogens (tertiary/aromatic N) is 2. The number of unbranched alkanes of at least 4 members (excludes halogenated alkanes) is 2. The maximum absolute atomic E-state index is 8.60. The topological polar surface area (TPSA) is 66.2 Å². The van der Waals surface area contributed by atoms with E-state index in [0.717, 1.165) is 42.5 Å². The molecule has 4 heteroatoms. The number of rotatable bonds is 4. The first kappa shape index (κ1) is 29.5. The summed E-state index contributed by atoms with van der Waals surface area (Å²) in [5.74, 6) is 23.7.